The average Bonchev–Trinajstić information content (AvgIpc) is 2.53. The summed E-state index contributed by atoms with van der Waals surface area (Å²) >= 11 is 0. The van der Waals surface area contributed by atoms with E-state index in [0.29, 0.717) is 28.7 Å². The first kappa shape index (κ1) is 15.8. The molecule has 3 rings (SSSR count). The van der Waals surface area contributed by atoms with Crippen LogP contribution in [-0.4, -0.2) is 8.42 Å². The van der Waals surface area contributed by atoms with Crippen LogP contribution in [0.15, 0.2) is 62.6 Å². The van der Waals surface area contributed by atoms with E-state index < -0.39 is 9.05 Å². The number of benzene rings is 2. The first-order chi connectivity index (χ1) is 10.9. The van der Waals surface area contributed by atoms with Crippen LogP contribution in [0.25, 0.3) is 22.3 Å². The zero-order valence-electron chi connectivity index (χ0n) is 12.2. The van der Waals surface area contributed by atoms with E-state index in [2.05, 4.69) is 0 Å². The van der Waals surface area contributed by atoms with Gasteiger partial charge in [-0.2, -0.15) is 0 Å². The topological polar surface area (TPSA) is 64.3 Å². The molecule has 0 amide bonds. The number of fused-ring (bicyclic) bond motifs is 1. The zero-order valence-corrected chi connectivity index (χ0v) is 13.8. The van der Waals surface area contributed by atoms with Gasteiger partial charge >= 0.3 is 0 Å². The zero-order chi connectivity index (χ0) is 16.6. The van der Waals surface area contributed by atoms with Crippen molar-refractivity contribution in [2.45, 2.75) is 18.2 Å². The summed E-state index contributed by atoms with van der Waals surface area (Å²) in [4.78, 5) is 12.2. The standard InChI is InChI=1S/C17H13ClO4S/c1-2-11-7-8-12(23(18,20)21)9-14(11)17-10-15(19)13-5-3-4-6-16(13)22-17/h3-10H,2H2,1H3. The molecule has 0 aliphatic rings. The van der Waals surface area contributed by atoms with Gasteiger partial charge in [0.25, 0.3) is 9.05 Å². The smallest absolute Gasteiger partial charge is 0.261 e. The third-order valence-electron chi connectivity index (χ3n) is 3.64. The largest absolute Gasteiger partial charge is 0.456 e. The molecular weight excluding hydrogens is 336 g/mol. The molecule has 0 saturated heterocycles. The Morgan fingerprint density at radius 2 is 1.83 bits per heavy atom. The monoisotopic (exact) mass is 348 g/mol. The molecule has 0 bridgehead atoms. The van der Waals surface area contributed by atoms with Crippen molar-refractivity contribution >= 4 is 30.7 Å². The number of para-hydroxylation sites is 1. The third-order valence-corrected chi connectivity index (χ3v) is 5.00. The summed E-state index contributed by atoms with van der Waals surface area (Å²) in [7, 11) is 1.56. The van der Waals surface area contributed by atoms with Crippen molar-refractivity contribution in [1.82, 2.24) is 0 Å². The van der Waals surface area contributed by atoms with Crippen LogP contribution in [0.3, 0.4) is 0 Å². The Balaban J connectivity index is 2.31. The number of rotatable bonds is 3. The minimum absolute atomic E-state index is 0.0258. The summed E-state index contributed by atoms with van der Waals surface area (Å²) < 4.78 is 28.9. The summed E-state index contributed by atoms with van der Waals surface area (Å²) in [5.41, 5.74) is 1.70. The number of halogens is 1. The van der Waals surface area contributed by atoms with Gasteiger partial charge in [0.1, 0.15) is 11.3 Å². The molecule has 0 aliphatic carbocycles. The number of hydrogen-bond donors (Lipinski definition) is 0. The van der Waals surface area contributed by atoms with Gasteiger partial charge in [0.15, 0.2) is 5.43 Å². The maximum Gasteiger partial charge on any atom is 0.261 e. The van der Waals surface area contributed by atoms with Crippen LogP contribution in [0.2, 0.25) is 0 Å². The highest BCUT2D eigenvalue weighted by molar-refractivity contribution is 8.13. The van der Waals surface area contributed by atoms with Crippen molar-refractivity contribution < 1.29 is 12.8 Å². The first-order valence-electron chi connectivity index (χ1n) is 7.01. The average molecular weight is 349 g/mol. The highest BCUT2D eigenvalue weighted by Gasteiger charge is 2.16. The van der Waals surface area contributed by atoms with E-state index in [0.717, 1.165) is 5.56 Å². The maximum absolute atomic E-state index is 12.3. The Labute approximate surface area is 137 Å². The van der Waals surface area contributed by atoms with E-state index in [1.54, 1.807) is 30.3 Å². The predicted octanol–water partition coefficient (Wildman–Crippen LogP) is 3.95. The van der Waals surface area contributed by atoms with Crippen LogP contribution in [0.4, 0.5) is 0 Å². The van der Waals surface area contributed by atoms with Crippen LogP contribution in [0.5, 0.6) is 0 Å². The Bertz CT molecular complexity index is 1050. The molecule has 6 heteroatoms. The molecule has 0 fully saturated rings. The van der Waals surface area contributed by atoms with Crippen molar-refractivity contribution in [2.24, 2.45) is 0 Å². The second-order valence-electron chi connectivity index (χ2n) is 5.08. The number of aryl methyl sites for hydroxylation is 1. The molecule has 4 nitrogen and oxygen atoms in total. The molecule has 1 heterocycles. The molecule has 0 N–H and O–H groups in total. The summed E-state index contributed by atoms with van der Waals surface area (Å²) in [6.45, 7) is 1.94. The highest BCUT2D eigenvalue weighted by atomic mass is 35.7. The van der Waals surface area contributed by atoms with Crippen molar-refractivity contribution in [2.75, 3.05) is 0 Å². The first-order valence-corrected chi connectivity index (χ1v) is 9.32. The SMILES string of the molecule is CCc1ccc(S(=O)(=O)Cl)cc1-c1cc(=O)c2ccccc2o1. The lowest BCUT2D eigenvalue weighted by molar-refractivity contribution is 0.609. The second-order valence-corrected chi connectivity index (χ2v) is 7.65. The normalized spacial score (nSPS) is 11.7. The lowest BCUT2D eigenvalue weighted by atomic mass is 10.0. The molecule has 0 atom stereocenters. The molecule has 23 heavy (non-hydrogen) atoms. The Kier molecular flexibility index (Phi) is 4.00. The second kappa shape index (κ2) is 5.83. The van der Waals surface area contributed by atoms with E-state index in [-0.39, 0.29) is 10.3 Å². The summed E-state index contributed by atoms with van der Waals surface area (Å²) in [6, 6.07) is 12.9. The lowest BCUT2D eigenvalue weighted by Gasteiger charge is -2.09. The van der Waals surface area contributed by atoms with E-state index in [1.165, 1.54) is 18.2 Å². The van der Waals surface area contributed by atoms with Crippen LogP contribution in [-0.2, 0) is 15.5 Å². The summed E-state index contributed by atoms with van der Waals surface area (Å²) in [6.07, 6.45) is 0.661. The number of hydrogen-bond acceptors (Lipinski definition) is 4. The predicted molar refractivity (Wildman–Crippen MR) is 90.3 cm³/mol. The van der Waals surface area contributed by atoms with Gasteiger partial charge in [-0.05, 0) is 36.2 Å². The fourth-order valence-electron chi connectivity index (χ4n) is 2.48. The lowest BCUT2D eigenvalue weighted by Crippen LogP contribution is -2.01. The van der Waals surface area contributed by atoms with Gasteiger partial charge in [-0.15, -0.1) is 0 Å². The molecule has 2 aromatic carbocycles. The van der Waals surface area contributed by atoms with Crippen LogP contribution >= 0.6 is 10.7 Å². The Morgan fingerprint density at radius 3 is 2.52 bits per heavy atom. The molecule has 118 valence electrons. The van der Waals surface area contributed by atoms with Gasteiger partial charge in [-0.1, -0.05) is 25.1 Å². The fourth-order valence-corrected chi connectivity index (χ4v) is 3.26. The Morgan fingerprint density at radius 1 is 1.09 bits per heavy atom. The minimum atomic E-state index is -3.86. The van der Waals surface area contributed by atoms with Crippen molar-refractivity contribution in [3.05, 3.63) is 64.3 Å². The van der Waals surface area contributed by atoms with Gasteiger partial charge in [0.2, 0.25) is 0 Å². The van der Waals surface area contributed by atoms with Crippen molar-refractivity contribution in [3.63, 3.8) is 0 Å². The van der Waals surface area contributed by atoms with Crippen molar-refractivity contribution in [3.8, 4) is 11.3 Å². The molecular formula is C17H13ClO4S. The highest BCUT2D eigenvalue weighted by Crippen LogP contribution is 2.29. The van der Waals surface area contributed by atoms with Gasteiger partial charge in [-0.3, -0.25) is 4.79 Å². The van der Waals surface area contributed by atoms with Crippen LogP contribution in [0.1, 0.15) is 12.5 Å². The summed E-state index contributed by atoms with van der Waals surface area (Å²) in [5.74, 6) is 0.327. The van der Waals surface area contributed by atoms with E-state index >= 15 is 0 Å². The third kappa shape index (κ3) is 3.02. The van der Waals surface area contributed by atoms with Crippen LogP contribution in [0, 0.1) is 0 Å². The fraction of sp³-hybridized carbons (Fsp3) is 0.118. The van der Waals surface area contributed by atoms with Gasteiger partial charge < -0.3 is 4.42 Å². The molecule has 0 aliphatic heterocycles. The van der Waals surface area contributed by atoms with Gasteiger partial charge in [0.05, 0.1) is 10.3 Å². The molecule has 3 aromatic rings. The molecule has 0 saturated carbocycles. The molecule has 0 unspecified atom stereocenters. The quantitative estimate of drug-likeness (QED) is 0.672. The molecule has 1 aromatic heterocycles. The maximum atomic E-state index is 12.3. The van der Waals surface area contributed by atoms with Gasteiger partial charge in [0, 0.05) is 22.3 Å². The van der Waals surface area contributed by atoms with Crippen LogP contribution < -0.4 is 5.43 Å². The molecule has 0 spiro atoms. The van der Waals surface area contributed by atoms with Crippen molar-refractivity contribution in [1.29, 1.82) is 0 Å². The summed E-state index contributed by atoms with van der Waals surface area (Å²) in [5, 5.41) is 0.482. The van der Waals surface area contributed by atoms with E-state index in [4.69, 9.17) is 15.1 Å². The molecule has 0 radical (unpaired) electrons. The van der Waals surface area contributed by atoms with E-state index in [9.17, 15) is 13.2 Å². The Hall–Kier alpha value is -2.11. The minimum Gasteiger partial charge on any atom is -0.456 e. The van der Waals surface area contributed by atoms with E-state index in [1.807, 2.05) is 6.92 Å². The van der Waals surface area contributed by atoms with Gasteiger partial charge in [-0.25, -0.2) is 8.42 Å².